The molecule has 2 nitrogen and oxygen atoms in total. The second kappa shape index (κ2) is 13.9. The molecule has 0 saturated carbocycles. The second-order valence-electron chi connectivity index (χ2n) is 16.1. The van der Waals surface area contributed by atoms with Gasteiger partial charge in [0.05, 0.1) is 11.4 Å². The van der Waals surface area contributed by atoms with E-state index in [1.54, 1.807) is 0 Å². The van der Waals surface area contributed by atoms with Crippen molar-refractivity contribution in [1.29, 1.82) is 0 Å². The molecule has 0 N–H and O–H groups in total. The monoisotopic (exact) mass is 752 g/mol. The first kappa shape index (κ1) is 34.8. The van der Waals surface area contributed by atoms with Gasteiger partial charge >= 0.3 is 0 Å². The number of fused-ring (bicyclic) bond motifs is 6. The average molecular weight is 753 g/mol. The van der Waals surface area contributed by atoms with E-state index in [1.165, 1.54) is 60.7 Å². The van der Waals surface area contributed by atoms with Crippen LogP contribution in [0.2, 0.25) is 0 Å². The minimum Gasteiger partial charge on any atom is -0.228 e. The molecule has 0 fully saturated rings. The highest BCUT2D eigenvalue weighted by Crippen LogP contribution is 2.55. The minimum atomic E-state index is -0.194. The number of aromatic nitrogens is 2. The van der Waals surface area contributed by atoms with Crippen LogP contribution in [0.4, 0.5) is 0 Å². The summed E-state index contributed by atoms with van der Waals surface area (Å²) >= 11 is 0. The van der Waals surface area contributed by atoms with E-state index in [-0.39, 0.29) is 5.41 Å². The molecule has 10 aromatic rings. The Morgan fingerprint density at radius 3 is 1.53 bits per heavy atom. The van der Waals surface area contributed by atoms with Crippen LogP contribution in [0.15, 0.2) is 206 Å². The molecule has 59 heavy (non-hydrogen) atoms. The van der Waals surface area contributed by atoms with Crippen molar-refractivity contribution in [2.75, 3.05) is 0 Å². The van der Waals surface area contributed by atoms with E-state index in [9.17, 15) is 0 Å². The molecule has 2 heteroatoms. The molecule has 0 bridgehead atoms. The Balaban J connectivity index is 1.11. The molecule has 1 aliphatic rings. The molecule has 9 aromatic carbocycles. The maximum Gasteiger partial charge on any atom is 0.160 e. The second-order valence-corrected chi connectivity index (χ2v) is 16.1. The highest BCUT2D eigenvalue weighted by Gasteiger charge is 2.39. The van der Waals surface area contributed by atoms with Gasteiger partial charge in [0.2, 0.25) is 0 Å². The summed E-state index contributed by atoms with van der Waals surface area (Å²) in [6.07, 6.45) is 0. The molecule has 0 saturated heterocycles. The van der Waals surface area contributed by atoms with E-state index >= 15 is 0 Å². The largest absolute Gasteiger partial charge is 0.228 e. The predicted octanol–water partition coefficient (Wildman–Crippen LogP) is 15.1. The zero-order valence-corrected chi connectivity index (χ0v) is 33.0. The van der Waals surface area contributed by atoms with Crippen molar-refractivity contribution in [3.8, 4) is 78.4 Å². The van der Waals surface area contributed by atoms with Gasteiger partial charge in [0.25, 0.3) is 0 Å². The molecule has 0 unspecified atom stereocenters. The first-order valence-electron chi connectivity index (χ1n) is 20.4. The van der Waals surface area contributed by atoms with Gasteiger partial charge < -0.3 is 0 Å². The lowest BCUT2D eigenvalue weighted by atomic mass is 9.77. The molecule has 0 radical (unpaired) electrons. The summed E-state index contributed by atoms with van der Waals surface area (Å²) in [7, 11) is 0. The molecule has 278 valence electrons. The van der Waals surface area contributed by atoms with E-state index in [4.69, 9.17) is 9.97 Å². The Bertz CT molecular complexity index is 3220. The molecule has 0 aliphatic heterocycles. The van der Waals surface area contributed by atoms with Crippen molar-refractivity contribution in [2.24, 2.45) is 0 Å². The highest BCUT2D eigenvalue weighted by atomic mass is 14.9. The zero-order chi connectivity index (χ0) is 39.5. The molecule has 0 atom stereocenters. The van der Waals surface area contributed by atoms with Crippen molar-refractivity contribution >= 4 is 21.5 Å². The molecule has 1 aliphatic carbocycles. The van der Waals surface area contributed by atoms with Crippen LogP contribution in [-0.4, -0.2) is 9.97 Å². The van der Waals surface area contributed by atoms with Crippen LogP contribution in [0.1, 0.15) is 25.0 Å². The first-order valence-corrected chi connectivity index (χ1v) is 20.4. The fraction of sp³-hybridized carbons (Fsp3) is 0.0526. The SMILES string of the molecule is CC1(C)c2c(cccc2-c2ccc(-c3cc(-c4ccc(-c5ccccc5)cc4-c4ccccc4)nc(-c4ccccc4)n3)c3ccccc23)-c2ccc3ccccc3c21. The molecule has 1 aromatic heterocycles. The fourth-order valence-electron chi connectivity index (χ4n) is 9.60. The Morgan fingerprint density at radius 1 is 0.305 bits per heavy atom. The van der Waals surface area contributed by atoms with Gasteiger partial charge in [0.15, 0.2) is 5.82 Å². The number of nitrogens with zero attached hydrogens (tertiary/aromatic N) is 2. The summed E-state index contributed by atoms with van der Waals surface area (Å²) in [5.41, 5.74) is 17.3. The first-order chi connectivity index (χ1) is 29.0. The third-order valence-electron chi connectivity index (χ3n) is 12.3. The average Bonchev–Trinajstić information content (AvgIpc) is 3.55. The van der Waals surface area contributed by atoms with Gasteiger partial charge in [-0.1, -0.05) is 208 Å². The van der Waals surface area contributed by atoms with E-state index in [2.05, 4.69) is 214 Å². The Hall–Kier alpha value is -7.42. The van der Waals surface area contributed by atoms with Crippen molar-refractivity contribution in [2.45, 2.75) is 19.3 Å². The lowest BCUT2D eigenvalue weighted by Gasteiger charge is -2.26. The minimum absolute atomic E-state index is 0.194. The van der Waals surface area contributed by atoms with Crippen molar-refractivity contribution in [3.05, 3.63) is 217 Å². The molecule has 0 spiro atoms. The van der Waals surface area contributed by atoms with Crippen LogP contribution >= 0.6 is 0 Å². The Labute approximate surface area is 345 Å². The third kappa shape index (κ3) is 5.79. The summed E-state index contributed by atoms with van der Waals surface area (Å²) in [6.45, 7) is 4.79. The molecule has 1 heterocycles. The predicted molar refractivity (Wildman–Crippen MR) is 247 cm³/mol. The van der Waals surface area contributed by atoms with Crippen LogP contribution in [0.3, 0.4) is 0 Å². The maximum absolute atomic E-state index is 5.35. The summed E-state index contributed by atoms with van der Waals surface area (Å²) in [4.78, 5) is 10.7. The van der Waals surface area contributed by atoms with Crippen molar-refractivity contribution < 1.29 is 0 Å². The Kier molecular flexibility index (Phi) is 8.20. The van der Waals surface area contributed by atoms with Gasteiger partial charge in [-0.15, -0.1) is 0 Å². The van der Waals surface area contributed by atoms with Crippen LogP contribution in [-0.2, 0) is 5.41 Å². The third-order valence-corrected chi connectivity index (χ3v) is 12.3. The fourth-order valence-corrected chi connectivity index (χ4v) is 9.60. The molecule has 11 rings (SSSR count). The summed E-state index contributed by atoms with van der Waals surface area (Å²) in [6, 6.07) is 74.2. The topological polar surface area (TPSA) is 25.8 Å². The van der Waals surface area contributed by atoms with E-state index in [1.807, 2.05) is 6.07 Å². The van der Waals surface area contributed by atoms with Crippen LogP contribution in [0.25, 0.3) is 100.0 Å². The van der Waals surface area contributed by atoms with Gasteiger partial charge in [-0.05, 0) is 89.3 Å². The lowest BCUT2D eigenvalue weighted by Crippen LogP contribution is -2.17. The van der Waals surface area contributed by atoms with Crippen LogP contribution in [0, 0.1) is 0 Å². The molecular weight excluding hydrogens is 713 g/mol. The number of benzene rings is 9. The van der Waals surface area contributed by atoms with Crippen molar-refractivity contribution in [1.82, 2.24) is 9.97 Å². The van der Waals surface area contributed by atoms with Gasteiger partial charge in [0.1, 0.15) is 0 Å². The van der Waals surface area contributed by atoms with Gasteiger partial charge in [-0.3, -0.25) is 0 Å². The van der Waals surface area contributed by atoms with E-state index in [0.717, 1.165) is 44.6 Å². The van der Waals surface area contributed by atoms with Gasteiger partial charge in [-0.2, -0.15) is 0 Å². The lowest BCUT2D eigenvalue weighted by molar-refractivity contribution is 0.668. The van der Waals surface area contributed by atoms with Crippen molar-refractivity contribution in [3.63, 3.8) is 0 Å². The van der Waals surface area contributed by atoms with Crippen LogP contribution < -0.4 is 0 Å². The van der Waals surface area contributed by atoms with Crippen LogP contribution in [0.5, 0.6) is 0 Å². The standard InChI is InChI=1S/C57H40N2/c1-57(2)54-42-24-13-12-21-39(42)29-32-50(54)49-28-16-27-48(55(49)57)45-33-34-46(44-26-15-14-25-43(44)45)52-36-53(59-56(58-52)40-22-10-5-11-23-40)47-31-30-41(37-17-6-3-7-18-37)35-51(47)38-19-8-4-9-20-38/h3-36H,1-2H3. The summed E-state index contributed by atoms with van der Waals surface area (Å²) in [5, 5.41) is 4.98. The van der Waals surface area contributed by atoms with Gasteiger partial charge in [-0.25, -0.2) is 9.97 Å². The Morgan fingerprint density at radius 2 is 0.814 bits per heavy atom. The number of hydrogen-bond acceptors (Lipinski definition) is 2. The maximum atomic E-state index is 5.35. The summed E-state index contributed by atoms with van der Waals surface area (Å²) < 4.78 is 0. The van der Waals surface area contributed by atoms with E-state index < -0.39 is 0 Å². The number of hydrogen-bond donors (Lipinski definition) is 0. The highest BCUT2D eigenvalue weighted by molar-refractivity contribution is 6.07. The van der Waals surface area contributed by atoms with Gasteiger partial charge in [0, 0.05) is 22.1 Å². The smallest absolute Gasteiger partial charge is 0.160 e. The summed E-state index contributed by atoms with van der Waals surface area (Å²) in [5.74, 6) is 0.699. The van der Waals surface area contributed by atoms with E-state index in [0.29, 0.717) is 5.82 Å². The quantitative estimate of drug-likeness (QED) is 0.169. The molecule has 0 amide bonds. The molecular formula is C57H40N2. The number of rotatable bonds is 6. The normalized spacial score (nSPS) is 12.7. The zero-order valence-electron chi connectivity index (χ0n) is 33.0.